The Morgan fingerprint density at radius 3 is 2.71 bits per heavy atom. The minimum Gasteiger partial charge on any atom is -0.443 e. The van der Waals surface area contributed by atoms with E-state index >= 15 is 0 Å². The molecular formula is C14H19BrN2O3S. The minimum atomic E-state index is -0.599. The van der Waals surface area contributed by atoms with Crippen LogP contribution in [-0.4, -0.2) is 40.6 Å². The SMILES string of the molecule is CC(C)(C)OC(=O)N1CCCN(Cc2csc(Br)c2)C1=O. The third kappa shape index (κ3) is 4.44. The van der Waals surface area contributed by atoms with E-state index in [-0.39, 0.29) is 6.03 Å². The van der Waals surface area contributed by atoms with Crippen molar-refractivity contribution in [2.24, 2.45) is 0 Å². The highest BCUT2D eigenvalue weighted by molar-refractivity contribution is 9.11. The lowest BCUT2D eigenvalue weighted by Crippen LogP contribution is -2.52. The van der Waals surface area contributed by atoms with Crippen LogP contribution in [0.15, 0.2) is 15.2 Å². The maximum absolute atomic E-state index is 12.4. The molecule has 1 saturated heterocycles. The van der Waals surface area contributed by atoms with Gasteiger partial charge in [-0.3, -0.25) is 0 Å². The number of rotatable bonds is 2. The van der Waals surface area contributed by atoms with Crippen LogP contribution in [0.5, 0.6) is 0 Å². The number of carbonyl (C=O) groups excluding carboxylic acids is 2. The number of imide groups is 1. The second-order valence-corrected chi connectivity index (χ2v) is 8.24. The fourth-order valence-electron chi connectivity index (χ4n) is 2.06. The monoisotopic (exact) mass is 374 g/mol. The van der Waals surface area contributed by atoms with Gasteiger partial charge in [-0.25, -0.2) is 14.5 Å². The number of hydrogen-bond donors (Lipinski definition) is 0. The van der Waals surface area contributed by atoms with Crippen molar-refractivity contribution in [1.29, 1.82) is 0 Å². The highest BCUT2D eigenvalue weighted by atomic mass is 79.9. The van der Waals surface area contributed by atoms with Crippen LogP contribution < -0.4 is 0 Å². The molecule has 0 aliphatic carbocycles. The van der Waals surface area contributed by atoms with Gasteiger partial charge in [-0.05, 0) is 60.1 Å². The Labute approximate surface area is 137 Å². The normalized spacial score (nSPS) is 16.3. The molecule has 2 heterocycles. The Morgan fingerprint density at radius 2 is 2.14 bits per heavy atom. The van der Waals surface area contributed by atoms with Crippen LogP contribution in [0.25, 0.3) is 0 Å². The summed E-state index contributed by atoms with van der Waals surface area (Å²) in [6, 6.07) is 1.71. The Balaban J connectivity index is 2.02. The molecule has 1 aliphatic rings. The zero-order valence-corrected chi connectivity index (χ0v) is 14.8. The van der Waals surface area contributed by atoms with E-state index in [0.717, 1.165) is 15.8 Å². The molecule has 0 N–H and O–H groups in total. The van der Waals surface area contributed by atoms with Gasteiger partial charge < -0.3 is 9.64 Å². The Bertz CT molecular complexity index is 539. The van der Waals surface area contributed by atoms with Gasteiger partial charge in [0.1, 0.15) is 5.60 Å². The van der Waals surface area contributed by atoms with Crippen LogP contribution in [0.4, 0.5) is 9.59 Å². The van der Waals surface area contributed by atoms with Gasteiger partial charge in [-0.1, -0.05) is 0 Å². The summed E-state index contributed by atoms with van der Waals surface area (Å²) in [5.41, 5.74) is 0.462. The summed E-state index contributed by atoms with van der Waals surface area (Å²) >= 11 is 4.99. The van der Waals surface area contributed by atoms with E-state index in [1.165, 1.54) is 4.90 Å². The topological polar surface area (TPSA) is 49.9 Å². The largest absolute Gasteiger partial charge is 0.443 e. The van der Waals surface area contributed by atoms with Crippen LogP contribution in [0.1, 0.15) is 32.8 Å². The smallest absolute Gasteiger partial charge is 0.418 e. The molecule has 0 atom stereocenters. The zero-order chi connectivity index (χ0) is 15.6. The van der Waals surface area contributed by atoms with Crippen molar-refractivity contribution in [3.05, 3.63) is 20.8 Å². The van der Waals surface area contributed by atoms with E-state index in [4.69, 9.17) is 4.74 Å². The molecule has 0 spiro atoms. The first-order valence-electron chi connectivity index (χ1n) is 6.78. The van der Waals surface area contributed by atoms with Gasteiger partial charge in [-0.15, -0.1) is 11.3 Å². The molecule has 1 aliphatic heterocycles. The Kier molecular flexibility index (Phi) is 4.93. The summed E-state index contributed by atoms with van der Waals surface area (Å²) < 4.78 is 6.32. The fraction of sp³-hybridized carbons (Fsp3) is 0.571. The van der Waals surface area contributed by atoms with Gasteiger partial charge in [0, 0.05) is 19.6 Å². The molecule has 7 heteroatoms. The molecule has 5 nitrogen and oxygen atoms in total. The van der Waals surface area contributed by atoms with E-state index < -0.39 is 11.7 Å². The van der Waals surface area contributed by atoms with Gasteiger partial charge in [0.2, 0.25) is 0 Å². The maximum Gasteiger partial charge on any atom is 0.418 e. The minimum absolute atomic E-state index is 0.280. The maximum atomic E-state index is 12.4. The van der Waals surface area contributed by atoms with Gasteiger partial charge >= 0.3 is 12.1 Å². The Hall–Kier alpha value is -1.08. The number of hydrogen-bond acceptors (Lipinski definition) is 4. The molecule has 1 aromatic heterocycles. The van der Waals surface area contributed by atoms with Crippen molar-refractivity contribution in [3.8, 4) is 0 Å². The van der Waals surface area contributed by atoms with Gasteiger partial charge in [0.25, 0.3) is 0 Å². The Morgan fingerprint density at radius 1 is 1.43 bits per heavy atom. The lowest BCUT2D eigenvalue weighted by molar-refractivity contribution is 0.0236. The average Bonchev–Trinajstić information content (AvgIpc) is 2.75. The standard InChI is InChI=1S/C14H19BrN2O3S/c1-14(2,3)20-13(19)17-6-4-5-16(12(17)18)8-10-7-11(15)21-9-10/h7,9H,4-6,8H2,1-3H3. The lowest BCUT2D eigenvalue weighted by Gasteiger charge is -2.35. The van der Waals surface area contributed by atoms with Crippen LogP contribution in [-0.2, 0) is 11.3 Å². The predicted molar refractivity (Wildman–Crippen MR) is 85.4 cm³/mol. The molecule has 0 saturated carbocycles. The van der Waals surface area contributed by atoms with E-state index in [9.17, 15) is 9.59 Å². The summed E-state index contributed by atoms with van der Waals surface area (Å²) in [6.07, 6.45) is 0.194. The third-order valence-corrected chi connectivity index (χ3v) is 4.47. The number of amides is 3. The summed E-state index contributed by atoms with van der Waals surface area (Å²) in [5, 5.41) is 2.00. The molecule has 1 fully saturated rings. The van der Waals surface area contributed by atoms with E-state index in [1.54, 1.807) is 37.0 Å². The predicted octanol–water partition coefficient (Wildman–Crippen LogP) is 4.07. The van der Waals surface area contributed by atoms with Crippen LogP contribution >= 0.6 is 27.3 Å². The fourth-order valence-corrected chi connectivity index (χ4v) is 3.26. The molecule has 116 valence electrons. The first-order chi connectivity index (χ1) is 9.76. The summed E-state index contributed by atoms with van der Waals surface area (Å²) in [7, 11) is 0. The number of urea groups is 1. The van der Waals surface area contributed by atoms with E-state index in [1.807, 2.05) is 11.4 Å². The molecule has 2 rings (SSSR count). The van der Waals surface area contributed by atoms with E-state index in [2.05, 4.69) is 15.9 Å². The first kappa shape index (κ1) is 16.3. The van der Waals surface area contributed by atoms with Crippen molar-refractivity contribution < 1.29 is 14.3 Å². The summed E-state index contributed by atoms with van der Waals surface area (Å²) in [6.45, 7) is 6.96. The molecule has 0 radical (unpaired) electrons. The molecule has 0 bridgehead atoms. The van der Waals surface area contributed by atoms with Crippen molar-refractivity contribution in [1.82, 2.24) is 9.80 Å². The highest BCUT2D eigenvalue weighted by Crippen LogP contribution is 2.23. The molecule has 0 aromatic carbocycles. The molecule has 21 heavy (non-hydrogen) atoms. The average molecular weight is 375 g/mol. The molecule has 0 unspecified atom stereocenters. The number of thiophene rings is 1. The van der Waals surface area contributed by atoms with Gasteiger partial charge in [0.15, 0.2) is 0 Å². The number of nitrogens with zero attached hydrogens (tertiary/aromatic N) is 2. The van der Waals surface area contributed by atoms with Crippen LogP contribution in [0.3, 0.4) is 0 Å². The van der Waals surface area contributed by atoms with Crippen LogP contribution in [0.2, 0.25) is 0 Å². The van der Waals surface area contributed by atoms with Crippen molar-refractivity contribution in [2.45, 2.75) is 39.3 Å². The zero-order valence-electron chi connectivity index (χ0n) is 12.4. The lowest BCUT2D eigenvalue weighted by atomic mass is 10.2. The number of carbonyl (C=O) groups is 2. The van der Waals surface area contributed by atoms with Crippen molar-refractivity contribution in [3.63, 3.8) is 0 Å². The molecular weight excluding hydrogens is 356 g/mol. The number of ether oxygens (including phenoxy) is 1. The van der Waals surface area contributed by atoms with Crippen molar-refractivity contribution in [2.75, 3.05) is 13.1 Å². The number of halogens is 1. The van der Waals surface area contributed by atoms with E-state index in [0.29, 0.717) is 19.6 Å². The second kappa shape index (κ2) is 6.36. The van der Waals surface area contributed by atoms with Crippen molar-refractivity contribution >= 4 is 39.4 Å². The molecule has 3 amide bonds. The van der Waals surface area contributed by atoms with Crippen LogP contribution in [0, 0.1) is 0 Å². The van der Waals surface area contributed by atoms with Gasteiger partial charge in [0.05, 0.1) is 3.79 Å². The summed E-state index contributed by atoms with van der Waals surface area (Å²) in [4.78, 5) is 27.4. The second-order valence-electron chi connectivity index (χ2n) is 5.95. The summed E-state index contributed by atoms with van der Waals surface area (Å²) in [5.74, 6) is 0. The third-order valence-electron chi connectivity index (χ3n) is 2.92. The quantitative estimate of drug-likeness (QED) is 0.783. The van der Waals surface area contributed by atoms with Gasteiger partial charge in [-0.2, -0.15) is 0 Å². The molecule has 1 aromatic rings. The highest BCUT2D eigenvalue weighted by Gasteiger charge is 2.33. The first-order valence-corrected chi connectivity index (χ1v) is 8.46.